The van der Waals surface area contributed by atoms with Gasteiger partial charge in [-0.2, -0.15) is 18.3 Å². The molecule has 1 aromatic carbocycles. The molecule has 1 atom stereocenters. The number of aliphatic hydroxyl groups excluding tert-OH is 1. The monoisotopic (exact) mass is 395 g/mol. The van der Waals surface area contributed by atoms with Crippen LogP contribution in [0.15, 0.2) is 30.0 Å². The Hall–Kier alpha value is -3.01. The second-order valence-corrected chi connectivity index (χ2v) is 6.53. The van der Waals surface area contributed by atoms with Crippen molar-refractivity contribution in [1.82, 2.24) is 15.1 Å². The third-order valence-electron chi connectivity index (χ3n) is 4.44. The average Bonchev–Trinajstić information content (AvgIpc) is 2.91. The number of hydrogen-bond acceptors (Lipinski definition) is 5. The second kappa shape index (κ2) is 7.19. The highest BCUT2D eigenvalue weighted by atomic mass is 19.4. The number of alkyl halides is 3. The van der Waals surface area contributed by atoms with Crippen molar-refractivity contribution < 1.29 is 23.1 Å². The summed E-state index contributed by atoms with van der Waals surface area (Å²) in [7, 11) is 1.78. The standard InChI is InChI=1S/C18H20F3N5O2/c1-9-12(8-26(2)25-9)10-4-3-5-11-14(22)13(17(28)24-15(10)11)16(27)23-7-6-18(19,20)21/h3-5,8,17,24,28H,6-7,22H2,1-2H3,(H,23,27). The van der Waals surface area contributed by atoms with E-state index < -0.39 is 31.3 Å². The number of aryl methyl sites for hydroxylation is 2. The predicted octanol–water partition coefficient (Wildman–Crippen LogP) is 1.88. The molecule has 1 aliphatic rings. The van der Waals surface area contributed by atoms with E-state index in [0.717, 1.165) is 16.8 Å². The number of fused-ring (bicyclic) bond motifs is 1. The zero-order valence-corrected chi connectivity index (χ0v) is 15.3. The first-order valence-electron chi connectivity index (χ1n) is 8.51. The summed E-state index contributed by atoms with van der Waals surface area (Å²) in [6.45, 7) is 1.24. The van der Waals surface area contributed by atoms with Crippen molar-refractivity contribution in [1.29, 1.82) is 0 Å². The first-order chi connectivity index (χ1) is 13.1. The van der Waals surface area contributed by atoms with Crippen LogP contribution in [0.1, 0.15) is 17.7 Å². The Kier molecular flexibility index (Phi) is 5.07. The molecule has 0 radical (unpaired) electrons. The normalized spacial score (nSPS) is 16.6. The van der Waals surface area contributed by atoms with Crippen LogP contribution in [0.2, 0.25) is 0 Å². The van der Waals surface area contributed by atoms with Crippen molar-refractivity contribution in [3.05, 3.63) is 41.2 Å². The molecule has 10 heteroatoms. The first-order valence-corrected chi connectivity index (χ1v) is 8.51. The number of halogens is 3. The third-order valence-corrected chi connectivity index (χ3v) is 4.44. The Balaban J connectivity index is 1.95. The SMILES string of the molecule is Cc1nn(C)cc1-c1cccc2c1NC(O)C(C(=O)NCCC(F)(F)F)=C2N. The van der Waals surface area contributed by atoms with E-state index in [4.69, 9.17) is 5.73 Å². The van der Waals surface area contributed by atoms with E-state index in [1.165, 1.54) is 0 Å². The minimum absolute atomic E-state index is 0.00847. The van der Waals surface area contributed by atoms with Crippen LogP contribution in [0.3, 0.4) is 0 Å². The number of carbonyl (C=O) groups is 1. The van der Waals surface area contributed by atoms with Crippen LogP contribution >= 0.6 is 0 Å². The lowest BCUT2D eigenvalue weighted by Crippen LogP contribution is -2.39. The Morgan fingerprint density at radius 2 is 2.04 bits per heavy atom. The Bertz CT molecular complexity index is 949. The average molecular weight is 395 g/mol. The van der Waals surface area contributed by atoms with Gasteiger partial charge in [0.25, 0.3) is 5.91 Å². The van der Waals surface area contributed by atoms with Crippen LogP contribution in [0.5, 0.6) is 0 Å². The lowest BCUT2D eigenvalue weighted by molar-refractivity contribution is -0.135. The number of aliphatic hydroxyl groups is 1. The van der Waals surface area contributed by atoms with Crippen molar-refractivity contribution in [2.24, 2.45) is 12.8 Å². The van der Waals surface area contributed by atoms with Gasteiger partial charge in [-0.05, 0) is 6.92 Å². The highest BCUT2D eigenvalue weighted by Crippen LogP contribution is 2.39. The van der Waals surface area contributed by atoms with Crippen molar-refractivity contribution >= 4 is 17.3 Å². The predicted molar refractivity (Wildman–Crippen MR) is 97.8 cm³/mol. The third kappa shape index (κ3) is 3.81. The van der Waals surface area contributed by atoms with Gasteiger partial charge in [0.15, 0.2) is 6.23 Å². The van der Waals surface area contributed by atoms with E-state index >= 15 is 0 Å². The molecule has 1 amide bonds. The summed E-state index contributed by atoms with van der Waals surface area (Å²) in [5.74, 6) is -0.852. The fourth-order valence-corrected chi connectivity index (χ4v) is 3.18. The number of benzene rings is 1. The van der Waals surface area contributed by atoms with Gasteiger partial charge in [0.05, 0.1) is 29.1 Å². The zero-order chi connectivity index (χ0) is 20.6. The van der Waals surface area contributed by atoms with Gasteiger partial charge in [0.1, 0.15) is 0 Å². The van der Waals surface area contributed by atoms with E-state index in [-0.39, 0.29) is 11.3 Å². The quantitative estimate of drug-likeness (QED) is 0.633. The van der Waals surface area contributed by atoms with Gasteiger partial charge in [-0.15, -0.1) is 0 Å². The van der Waals surface area contributed by atoms with Crippen LogP contribution in [0.25, 0.3) is 16.8 Å². The van der Waals surface area contributed by atoms with Gasteiger partial charge in [-0.25, -0.2) is 0 Å². The van der Waals surface area contributed by atoms with E-state index in [0.29, 0.717) is 11.3 Å². The van der Waals surface area contributed by atoms with Crippen molar-refractivity contribution in [2.45, 2.75) is 25.7 Å². The summed E-state index contributed by atoms with van der Waals surface area (Å²) >= 11 is 0. The molecule has 0 bridgehead atoms. The highest BCUT2D eigenvalue weighted by Gasteiger charge is 2.32. The van der Waals surface area contributed by atoms with Crippen LogP contribution in [0.4, 0.5) is 18.9 Å². The molecule has 5 N–H and O–H groups in total. The second-order valence-electron chi connectivity index (χ2n) is 6.53. The van der Waals surface area contributed by atoms with Crippen LogP contribution in [-0.4, -0.2) is 39.7 Å². The van der Waals surface area contributed by atoms with Gasteiger partial charge in [-0.3, -0.25) is 9.48 Å². The number of amides is 1. The summed E-state index contributed by atoms with van der Waals surface area (Å²) in [5.41, 5.74) is 9.23. The van der Waals surface area contributed by atoms with E-state index in [2.05, 4.69) is 15.7 Å². The maximum Gasteiger partial charge on any atom is 0.390 e. The largest absolute Gasteiger partial charge is 0.398 e. The summed E-state index contributed by atoms with van der Waals surface area (Å²) in [6, 6.07) is 5.23. The smallest absolute Gasteiger partial charge is 0.390 e. The maximum absolute atomic E-state index is 12.3. The molecule has 2 aromatic rings. The van der Waals surface area contributed by atoms with Crippen LogP contribution < -0.4 is 16.4 Å². The van der Waals surface area contributed by atoms with Crippen molar-refractivity contribution in [2.75, 3.05) is 11.9 Å². The number of nitrogens with two attached hydrogens (primary N) is 1. The summed E-state index contributed by atoms with van der Waals surface area (Å²) in [4.78, 5) is 12.3. The maximum atomic E-state index is 12.3. The minimum atomic E-state index is -4.39. The Morgan fingerprint density at radius 1 is 1.36 bits per heavy atom. The Morgan fingerprint density at radius 3 is 2.64 bits per heavy atom. The number of carbonyl (C=O) groups excluding carboxylic acids is 1. The zero-order valence-electron chi connectivity index (χ0n) is 15.3. The minimum Gasteiger partial charge on any atom is -0.398 e. The van der Waals surface area contributed by atoms with Gasteiger partial charge in [0, 0.05) is 36.5 Å². The number of nitrogens with zero attached hydrogens (tertiary/aromatic N) is 2. The molecule has 150 valence electrons. The van der Waals surface area contributed by atoms with Gasteiger partial charge in [0.2, 0.25) is 0 Å². The molecule has 28 heavy (non-hydrogen) atoms. The topological polar surface area (TPSA) is 105 Å². The lowest BCUT2D eigenvalue weighted by Gasteiger charge is -2.28. The van der Waals surface area contributed by atoms with Crippen molar-refractivity contribution in [3.8, 4) is 11.1 Å². The molecular formula is C18H20F3N5O2. The molecule has 3 rings (SSSR count). The van der Waals surface area contributed by atoms with E-state index in [1.807, 2.05) is 19.2 Å². The fourth-order valence-electron chi connectivity index (χ4n) is 3.18. The van der Waals surface area contributed by atoms with Crippen LogP contribution in [-0.2, 0) is 11.8 Å². The molecule has 7 nitrogen and oxygen atoms in total. The Labute approximate surface area is 159 Å². The molecule has 0 aliphatic carbocycles. The molecule has 0 saturated heterocycles. The van der Waals surface area contributed by atoms with Gasteiger partial charge in [-0.1, -0.05) is 18.2 Å². The van der Waals surface area contributed by atoms with Crippen LogP contribution in [0, 0.1) is 6.92 Å². The molecule has 0 fully saturated rings. The number of hydrogen-bond donors (Lipinski definition) is 4. The molecule has 1 aliphatic heterocycles. The molecule has 1 unspecified atom stereocenters. The van der Waals surface area contributed by atoms with Gasteiger partial charge < -0.3 is 21.5 Å². The number of aromatic nitrogens is 2. The number of para-hydroxylation sites is 1. The summed E-state index contributed by atoms with van der Waals surface area (Å²) < 4.78 is 38.5. The number of nitrogens with one attached hydrogen (secondary N) is 2. The van der Waals surface area contributed by atoms with E-state index in [9.17, 15) is 23.1 Å². The molecule has 2 heterocycles. The fraction of sp³-hybridized carbons (Fsp3) is 0.333. The van der Waals surface area contributed by atoms with Gasteiger partial charge >= 0.3 is 6.18 Å². The molecule has 0 spiro atoms. The summed E-state index contributed by atoms with van der Waals surface area (Å²) in [6.07, 6.45) is -5.20. The van der Waals surface area contributed by atoms with E-state index in [1.54, 1.807) is 23.9 Å². The summed E-state index contributed by atoms with van der Waals surface area (Å²) in [5, 5.41) is 19.7. The number of rotatable bonds is 4. The molecule has 1 aromatic heterocycles. The highest BCUT2D eigenvalue weighted by molar-refractivity contribution is 6.06. The first kappa shape index (κ1) is 19.7. The molecule has 0 saturated carbocycles. The molecular weight excluding hydrogens is 375 g/mol. The van der Waals surface area contributed by atoms with Crippen molar-refractivity contribution in [3.63, 3.8) is 0 Å². The lowest BCUT2D eigenvalue weighted by atomic mass is 9.93. The number of anilines is 1.